The average Bonchev–Trinajstić information content (AvgIpc) is 2.98. The van der Waals surface area contributed by atoms with Crippen molar-refractivity contribution in [3.63, 3.8) is 0 Å². The van der Waals surface area contributed by atoms with Gasteiger partial charge >= 0.3 is 0 Å². The number of nitrogens with one attached hydrogen (secondary N) is 1. The standard InChI is InChI=1S/C21H18ClN3O3/c1-12-11-18(26)23-16-9-5-6-10-17(16)25(12)21(27)19-13(2)28-24-20(19)14-7-3-4-8-15(14)22/h3-10,12H,11H2,1-2H3,(H,23,26)/t12-/m1/s1. The fraction of sp³-hybridized carbons (Fsp3) is 0.190. The first-order valence-corrected chi connectivity index (χ1v) is 9.28. The molecular weight excluding hydrogens is 378 g/mol. The topological polar surface area (TPSA) is 75.4 Å². The molecule has 2 aromatic carbocycles. The van der Waals surface area contributed by atoms with Crippen molar-refractivity contribution < 1.29 is 14.1 Å². The third-order valence-corrected chi connectivity index (χ3v) is 5.11. The molecule has 1 aromatic heterocycles. The number of hydrogen-bond donors (Lipinski definition) is 1. The molecule has 7 heteroatoms. The highest BCUT2D eigenvalue weighted by Gasteiger charge is 2.34. The van der Waals surface area contributed by atoms with Crippen LogP contribution in [0.1, 0.15) is 29.5 Å². The van der Waals surface area contributed by atoms with Gasteiger partial charge in [-0.3, -0.25) is 9.59 Å². The molecule has 2 amide bonds. The van der Waals surface area contributed by atoms with Crippen LogP contribution < -0.4 is 10.2 Å². The Labute approximate surface area is 167 Å². The molecule has 6 nitrogen and oxygen atoms in total. The first-order valence-electron chi connectivity index (χ1n) is 8.91. The number of fused-ring (bicyclic) bond motifs is 1. The third kappa shape index (κ3) is 3.05. The van der Waals surface area contributed by atoms with Crippen LogP contribution in [0.25, 0.3) is 11.3 Å². The lowest BCUT2D eigenvalue weighted by molar-refractivity contribution is -0.116. The molecule has 0 saturated heterocycles. The van der Waals surface area contributed by atoms with E-state index in [0.29, 0.717) is 39.0 Å². The predicted molar refractivity (Wildman–Crippen MR) is 108 cm³/mol. The summed E-state index contributed by atoms with van der Waals surface area (Å²) in [6.07, 6.45) is 0.187. The summed E-state index contributed by atoms with van der Waals surface area (Å²) in [5.41, 5.74) is 2.58. The van der Waals surface area contributed by atoms with E-state index in [2.05, 4.69) is 10.5 Å². The molecule has 0 unspecified atom stereocenters. The maximum Gasteiger partial charge on any atom is 0.264 e. The van der Waals surface area contributed by atoms with E-state index in [-0.39, 0.29) is 24.3 Å². The maximum absolute atomic E-state index is 13.7. The van der Waals surface area contributed by atoms with Gasteiger partial charge < -0.3 is 14.7 Å². The normalized spacial score (nSPS) is 16.3. The molecule has 0 aliphatic carbocycles. The zero-order chi connectivity index (χ0) is 19.8. The van der Waals surface area contributed by atoms with Gasteiger partial charge in [0.15, 0.2) is 0 Å². The smallest absolute Gasteiger partial charge is 0.264 e. The van der Waals surface area contributed by atoms with E-state index in [1.165, 1.54) is 0 Å². The first-order chi connectivity index (χ1) is 13.5. The molecule has 0 fully saturated rings. The lowest BCUT2D eigenvalue weighted by Gasteiger charge is -2.27. The highest BCUT2D eigenvalue weighted by Crippen LogP contribution is 2.36. The lowest BCUT2D eigenvalue weighted by Crippen LogP contribution is -2.39. The van der Waals surface area contributed by atoms with Gasteiger partial charge in [0.05, 0.1) is 16.4 Å². The number of benzene rings is 2. The average molecular weight is 396 g/mol. The van der Waals surface area contributed by atoms with Gasteiger partial charge in [0.2, 0.25) is 5.91 Å². The number of carbonyl (C=O) groups is 2. The second-order valence-electron chi connectivity index (χ2n) is 6.74. The monoisotopic (exact) mass is 395 g/mol. The number of carbonyl (C=O) groups excluding carboxylic acids is 2. The van der Waals surface area contributed by atoms with E-state index in [1.54, 1.807) is 30.0 Å². The Balaban J connectivity index is 1.86. The zero-order valence-corrected chi connectivity index (χ0v) is 16.2. The Morgan fingerprint density at radius 2 is 1.93 bits per heavy atom. The van der Waals surface area contributed by atoms with Crippen LogP contribution in [0.15, 0.2) is 53.1 Å². The van der Waals surface area contributed by atoms with Gasteiger partial charge in [0, 0.05) is 18.0 Å². The number of anilines is 2. The SMILES string of the molecule is Cc1onc(-c2ccccc2Cl)c1C(=O)N1c2ccccc2NC(=O)C[C@H]1C. The zero-order valence-electron chi connectivity index (χ0n) is 15.4. The molecule has 1 atom stereocenters. The van der Waals surface area contributed by atoms with Crippen molar-refractivity contribution in [1.82, 2.24) is 5.16 Å². The minimum Gasteiger partial charge on any atom is -0.360 e. The van der Waals surface area contributed by atoms with Crippen molar-refractivity contribution >= 4 is 34.8 Å². The number of para-hydroxylation sites is 2. The summed E-state index contributed by atoms with van der Waals surface area (Å²) in [7, 11) is 0. The molecule has 0 spiro atoms. The van der Waals surface area contributed by atoms with Crippen LogP contribution >= 0.6 is 11.6 Å². The Hall–Kier alpha value is -3.12. The predicted octanol–water partition coefficient (Wildman–Crippen LogP) is 4.68. The van der Waals surface area contributed by atoms with Crippen molar-refractivity contribution in [3.8, 4) is 11.3 Å². The minimum absolute atomic E-state index is 0.136. The number of nitrogens with zero attached hydrogens (tertiary/aromatic N) is 2. The van der Waals surface area contributed by atoms with Crippen molar-refractivity contribution in [1.29, 1.82) is 0 Å². The Morgan fingerprint density at radius 1 is 1.21 bits per heavy atom. The summed E-state index contributed by atoms with van der Waals surface area (Å²) in [6.45, 7) is 3.54. The van der Waals surface area contributed by atoms with Crippen LogP contribution in [0.3, 0.4) is 0 Å². The second kappa shape index (κ2) is 7.13. The van der Waals surface area contributed by atoms with Crippen LogP contribution in [0.4, 0.5) is 11.4 Å². The molecule has 4 rings (SSSR count). The van der Waals surface area contributed by atoms with E-state index in [9.17, 15) is 9.59 Å². The van der Waals surface area contributed by atoms with Crippen LogP contribution in [0.5, 0.6) is 0 Å². The van der Waals surface area contributed by atoms with Gasteiger partial charge in [0.1, 0.15) is 17.0 Å². The Bertz CT molecular complexity index is 1080. The van der Waals surface area contributed by atoms with E-state index >= 15 is 0 Å². The minimum atomic E-state index is -0.343. The quantitative estimate of drug-likeness (QED) is 0.683. The highest BCUT2D eigenvalue weighted by molar-refractivity contribution is 6.33. The Morgan fingerprint density at radius 3 is 2.71 bits per heavy atom. The molecule has 0 saturated carbocycles. The number of hydrogen-bond acceptors (Lipinski definition) is 4. The number of halogens is 1. The Kier molecular flexibility index (Phi) is 4.65. The van der Waals surface area contributed by atoms with E-state index in [0.717, 1.165) is 0 Å². The van der Waals surface area contributed by atoms with E-state index in [1.807, 2.05) is 37.3 Å². The molecule has 1 aliphatic rings. The fourth-order valence-electron chi connectivity index (χ4n) is 3.48. The summed E-state index contributed by atoms with van der Waals surface area (Å²) >= 11 is 6.32. The van der Waals surface area contributed by atoms with Crippen molar-refractivity contribution in [3.05, 3.63) is 64.9 Å². The number of aromatic nitrogens is 1. The number of rotatable bonds is 2. The molecule has 1 N–H and O–H groups in total. The van der Waals surface area contributed by atoms with Gasteiger partial charge in [-0.1, -0.05) is 47.1 Å². The van der Waals surface area contributed by atoms with Crippen molar-refractivity contribution in [2.24, 2.45) is 0 Å². The second-order valence-corrected chi connectivity index (χ2v) is 7.14. The summed E-state index contributed by atoms with van der Waals surface area (Å²) in [4.78, 5) is 27.5. The summed E-state index contributed by atoms with van der Waals surface area (Å²) in [6, 6.07) is 14.1. The third-order valence-electron chi connectivity index (χ3n) is 4.78. The van der Waals surface area contributed by atoms with E-state index < -0.39 is 0 Å². The van der Waals surface area contributed by atoms with Crippen LogP contribution in [-0.2, 0) is 4.79 Å². The number of aryl methyl sites for hydroxylation is 1. The molecule has 0 bridgehead atoms. The van der Waals surface area contributed by atoms with E-state index in [4.69, 9.17) is 16.1 Å². The van der Waals surface area contributed by atoms with Crippen molar-refractivity contribution in [2.45, 2.75) is 26.3 Å². The largest absolute Gasteiger partial charge is 0.360 e. The van der Waals surface area contributed by atoms with Gasteiger partial charge in [-0.25, -0.2) is 0 Å². The fourth-order valence-corrected chi connectivity index (χ4v) is 3.70. The van der Waals surface area contributed by atoms with Gasteiger partial charge in [0.25, 0.3) is 5.91 Å². The molecule has 28 heavy (non-hydrogen) atoms. The molecule has 1 aliphatic heterocycles. The van der Waals surface area contributed by atoms with Crippen LogP contribution in [-0.4, -0.2) is 23.0 Å². The summed E-state index contributed by atoms with van der Waals surface area (Å²) in [5.74, 6) is -0.0260. The molecule has 2 heterocycles. The van der Waals surface area contributed by atoms with Gasteiger partial charge in [-0.05, 0) is 32.0 Å². The number of amides is 2. The molecule has 142 valence electrons. The van der Waals surface area contributed by atoms with Gasteiger partial charge in [-0.15, -0.1) is 0 Å². The van der Waals surface area contributed by atoms with Gasteiger partial charge in [-0.2, -0.15) is 0 Å². The van der Waals surface area contributed by atoms with Crippen LogP contribution in [0.2, 0.25) is 5.02 Å². The first kappa shape index (κ1) is 18.3. The summed E-state index contributed by atoms with van der Waals surface area (Å²) < 4.78 is 5.35. The molecule has 0 radical (unpaired) electrons. The maximum atomic E-state index is 13.7. The van der Waals surface area contributed by atoms with Crippen LogP contribution in [0, 0.1) is 6.92 Å². The molecule has 3 aromatic rings. The highest BCUT2D eigenvalue weighted by atomic mass is 35.5. The lowest BCUT2D eigenvalue weighted by atomic mass is 10.0. The van der Waals surface area contributed by atoms with Crippen molar-refractivity contribution in [2.75, 3.05) is 10.2 Å². The molecular formula is C21H18ClN3O3. The summed E-state index contributed by atoms with van der Waals surface area (Å²) in [5, 5.41) is 7.43.